The molecule has 43 heteroatoms. The zero-order valence-electron chi connectivity index (χ0n) is 69.1. The number of hydrogen-bond acceptors (Lipinski definition) is 31. The topological polar surface area (TPSA) is 474 Å². The molecule has 0 saturated carbocycles. The van der Waals surface area contributed by atoms with E-state index in [0.717, 1.165) is 95.5 Å². The van der Waals surface area contributed by atoms with Crippen molar-refractivity contribution in [3.63, 3.8) is 0 Å². The summed E-state index contributed by atoms with van der Waals surface area (Å²) in [4.78, 5) is 86.8. The van der Waals surface area contributed by atoms with E-state index in [2.05, 4.69) is 163 Å². The number of amides is 2. The van der Waals surface area contributed by atoms with Crippen molar-refractivity contribution in [2.45, 2.75) is 242 Å². The second-order valence-corrected chi connectivity index (χ2v) is 26.4. The molecular weight excluding hydrogens is 1710 g/mol. The van der Waals surface area contributed by atoms with Crippen LogP contribution in [0.25, 0.3) is 0 Å². The van der Waals surface area contributed by atoms with Crippen molar-refractivity contribution < 1.29 is 102 Å². The molecule has 5 rings (SSSR count). The summed E-state index contributed by atoms with van der Waals surface area (Å²) in [5.74, 6) is 4.68. The van der Waals surface area contributed by atoms with Gasteiger partial charge in [0.2, 0.25) is 39.5 Å². The summed E-state index contributed by atoms with van der Waals surface area (Å²) >= 11 is 7.99. The molecule has 0 fully saturated rings. The van der Waals surface area contributed by atoms with E-state index in [1.807, 2.05) is 158 Å². The Morgan fingerprint density at radius 2 is 0.867 bits per heavy atom. The summed E-state index contributed by atoms with van der Waals surface area (Å²) in [5.41, 5.74) is 6.84. The van der Waals surface area contributed by atoms with Crippen molar-refractivity contribution in [3.8, 4) is 0 Å². The number of ether oxygens (including phenoxy) is 2. The van der Waals surface area contributed by atoms with Crippen LogP contribution in [0.5, 0.6) is 0 Å². The molecule has 0 aliphatic carbocycles. The van der Waals surface area contributed by atoms with Crippen molar-refractivity contribution in [1.82, 2.24) is 55.9 Å². The summed E-state index contributed by atoms with van der Waals surface area (Å²) in [5, 5.41) is 23.9. The molecule has 0 atom stereocenters. The molecule has 0 bridgehead atoms. The number of nitrogens with one attached hydrogen (secondary N) is 9. The molecule has 655 valence electrons. The van der Waals surface area contributed by atoms with Gasteiger partial charge in [-0.25, -0.2) is 38.4 Å². The fourth-order valence-corrected chi connectivity index (χ4v) is 6.91. The summed E-state index contributed by atoms with van der Waals surface area (Å²) in [7, 11) is -9.58. The Bertz CT molecular complexity index is 3090. The van der Waals surface area contributed by atoms with Crippen LogP contribution in [0.15, 0.2) is 60.7 Å². The minimum absolute atomic E-state index is 0. The van der Waals surface area contributed by atoms with Crippen molar-refractivity contribution >= 4 is 127 Å². The molecule has 3 heterocycles. The van der Waals surface area contributed by atoms with Gasteiger partial charge in [-0.1, -0.05) is 133 Å². The van der Waals surface area contributed by atoms with E-state index in [0.29, 0.717) is 73.3 Å². The van der Waals surface area contributed by atoms with Crippen LogP contribution < -0.4 is 58.0 Å². The van der Waals surface area contributed by atoms with Gasteiger partial charge in [-0.2, -0.15) is 60.3 Å². The minimum atomic E-state index is -4.92. The molecule has 12 N–H and O–H groups in total. The first kappa shape index (κ1) is 120. The van der Waals surface area contributed by atoms with E-state index >= 15 is 0 Å². The van der Waals surface area contributed by atoms with E-state index in [1.54, 1.807) is 10.1 Å². The van der Waals surface area contributed by atoms with Gasteiger partial charge in [0.05, 0.1) is 37.1 Å². The smallest absolute Gasteiger partial charge is 0.434 e. The number of hydroxylamine groups is 6. The predicted octanol–water partition coefficient (Wildman–Crippen LogP) is 14.5. The summed E-state index contributed by atoms with van der Waals surface area (Å²) < 4.78 is 76.6. The molecule has 5 aromatic rings. The molecule has 1 radical (unpaired) electrons. The molecule has 0 unspecified atom stereocenters. The molecule has 0 saturated heterocycles. The summed E-state index contributed by atoms with van der Waals surface area (Å²) in [6.45, 7) is 50.1. The SMILES string of the molecule is C.CC(C)ONC(=O)OCc1ccccc1.CCCNc1nc(Cl)nc(NCCC)n1.CCCNc1nc(NCCC)[nH+]c(N(CC)OC(C)C)n1.CCCNc1nc(NCCC)nc(N(CC)OC(C)C)n1.CCN(OC(C)C)C(=O)OCc1ccccc1.CCNOC(C)C.CC[CH-]I.Cl.O=S(=O)(O)O.O=S(=O)([O-])O.[V]. The number of benzene rings is 2. The normalized spacial score (nSPS) is 10.2. The van der Waals surface area contributed by atoms with Crippen LogP contribution in [0.1, 0.15) is 209 Å². The number of rotatable bonds is 39. The second kappa shape index (κ2) is 77.1. The van der Waals surface area contributed by atoms with E-state index in [1.165, 1.54) is 11.5 Å². The van der Waals surface area contributed by atoms with Gasteiger partial charge in [-0.05, 0) is 151 Å². The number of anilines is 8. The fraction of sp³-hybridized carbons (Fsp3) is 0.657. The van der Waals surface area contributed by atoms with Gasteiger partial charge in [0.25, 0.3) is 5.95 Å². The quantitative estimate of drug-likeness (QED) is 0.00572. The van der Waals surface area contributed by atoms with Crippen LogP contribution in [-0.4, -0.2) is 188 Å². The molecule has 2 aromatic carbocycles. The monoisotopic (exact) mass is 1840 g/mol. The third-order valence-corrected chi connectivity index (χ3v) is 12.1. The van der Waals surface area contributed by atoms with Crippen molar-refractivity contribution in [1.29, 1.82) is 0 Å². The third-order valence-electron chi connectivity index (χ3n) is 11.1. The number of aromatic amines is 1. The van der Waals surface area contributed by atoms with Crippen LogP contribution in [-0.2, 0) is 86.2 Å². The Labute approximate surface area is 710 Å². The van der Waals surface area contributed by atoms with Crippen molar-refractivity contribution in [3.05, 3.63) is 81.5 Å². The van der Waals surface area contributed by atoms with Gasteiger partial charge in [0.15, 0.2) is 0 Å². The number of aromatic nitrogens is 9. The number of hydrogen-bond donors (Lipinski definition) is 11. The van der Waals surface area contributed by atoms with Gasteiger partial charge >= 0.3 is 40.4 Å². The Morgan fingerprint density at radius 3 is 1.19 bits per heavy atom. The number of halogens is 3. The summed E-state index contributed by atoms with van der Waals surface area (Å²) in [6, 6.07) is 19.0. The average molecular weight is 1840 g/mol. The molecule has 113 heavy (non-hydrogen) atoms. The molecule has 0 aliphatic rings. The Kier molecular flexibility index (Phi) is 81.9. The van der Waals surface area contributed by atoms with E-state index in [-0.39, 0.29) is 81.3 Å². The van der Waals surface area contributed by atoms with Gasteiger partial charge in [0.1, 0.15) is 13.2 Å². The Morgan fingerprint density at radius 1 is 0.522 bits per heavy atom. The first-order chi connectivity index (χ1) is 52.0. The maximum atomic E-state index is 11.7. The molecule has 0 spiro atoms. The van der Waals surface area contributed by atoms with Gasteiger partial charge in [0, 0.05) is 77.5 Å². The van der Waals surface area contributed by atoms with Gasteiger partial charge in [-0.15, -0.1) is 12.4 Å². The van der Waals surface area contributed by atoms with Crippen LogP contribution >= 0.6 is 46.6 Å². The molecular formula is C70H134Cl2IN20O17S2V-. The van der Waals surface area contributed by atoms with E-state index < -0.39 is 33.0 Å². The van der Waals surface area contributed by atoms with Gasteiger partial charge in [-0.3, -0.25) is 37.4 Å². The standard InChI is InChI=1S/2C14H28N6O.C13H19NO3.C11H15NO3.C9H16ClN5.C5H13NO.C3H6I.CH4.ClH.2H2O4S.V/c2*1-6-9-15-12-17-13(16-10-7-2)19-14(18-12)20(8-3)21-11(4)5;1-4-14(17-11(2)3)13(15)16-10-12-8-6-5-7-9-12;1-9(2)15-12-11(13)14-8-10-6-4-3-5-7-10;1-3-5-11-8-13-7(10)14-9(15-8)12-6-4-2;1-4-6-7-5(2)3;1-2-3-4;;;2*1-5(2,3)4;/h2*11H,6-10H2,1-5H3,(H2,15,16,17,18,19);5-9,11H,4,10H2,1-3H3;3-7,9H,8H2,1-2H3,(H,12,13);3-6H2,1-2H3,(H2,11,12,13,14,15);5-6H,4H2,1-3H3;3H,2H2,1H3;1H4;1H;2*(H2,1,2,3,4);/q;;;;;;-1;;;;;. The Hall–Kier alpha value is -6.20. The zero-order valence-corrected chi connectivity index (χ0v) is 75.8. The van der Waals surface area contributed by atoms with Gasteiger partial charge < -0.3 is 68.5 Å². The average Bonchev–Trinajstić information content (AvgIpc) is 0.843. The van der Waals surface area contributed by atoms with Crippen LogP contribution in [0, 0.1) is 4.43 Å². The van der Waals surface area contributed by atoms with Crippen LogP contribution in [0.2, 0.25) is 5.28 Å². The molecule has 2 amide bonds. The fourth-order valence-electron chi connectivity index (χ4n) is 6.75. The Balaban J connectivity index is -0.000000233. The molecule has 37 nitrogen and oxygen atoms in total. The van der Waals surface area contributed by atoms with Crippen molar-refractivity contribution in [2.24, 2.45) is 0 Å². The van der Waals surface area contributed by atoms with Crippen LogP contribution in [0.3, 0.4) is 0 Å². The number of nitrogens with zero attached hydrogens (tertiary/aromatic N) is 11. The first-order valence-corrected chi connectivity index (χ1v) is 41.1. The molecule has 3 aromatic heterocycles. The first-order valence-electron chi connectivity index (χ1n) is 36.7. The summed E-state index contributed by atoms with van der Waals surface area (Å²) in [6.07, 6.45) is 6.61. The van der Waals surface area contributed by atoms with E-state index in [9.17, 15) is 9.59 Å². The van der Waals surface area contributed by atoms with Crippen LogP contribution in [0.4, 0.5) is 57.2 Å². The molecule has 0 aliphatic heterocycles. The number of H-pyrrole nitrogens is 1. The van der Waals surface area contributed by atoms with Crippen molar-refractivity contribution in [2.75, 3.05) is 107 Å². The zero-order chi connectivity index (χ0) is 84.3. The second-order valence-electron chi connectivity index (χ2n) is 23.5. The minimum Gasteiger partial charge on any atom is -0.726 e. The largest absolute Gasteiger partial charge is 0.726 e. The maximum Gasteiger partial charge on any atom is 0.434 e. The number of carbonyl (C=O) groups is 2. The third kappa shape index (κ3) is 79.4. The van der Waals surface area contributed by atoms with E-state index in [4.69, 9.17) is 80.3 Å². The predicted molar refractivity (Wildman–Crippen MR) is 455 cm³/mol. The maximum absolute atomic E-state index is 11.7. The number of carbonyl (C=O) groups excluding carboxylic acids is 2.